The zero-order valence-electron chi connectivity index (χ0n) is 9.66. The van der Waals surface area contributed by atoms with E-state index in [0.29, 0.717) is 29.0 Å². The lowest BCUT2D eigenvalue weighted by atomic mass is 10.4. The molecule has 0 spiro atoms. The van der Waals surface area contributed by atoms with Crippen LogP contribution in [0.2, 0.25) is 0 Å². The van der Waals surface area contributed by atoms with E-state index in [9.17, 15) is 4.79 Å². The average Bonchev–Trinajstić information content (AvgIpc) is 2.72. The van der Waals surface area contributed by atoms with E-state index in [-0.39, 0.29) is 0 Å². The number of rotatable bonds is 4. The highest BCUT2D eigenvalue weighted by atomic mass is 32.2. The number of aromatic nitrogens is 3. The lowest BCUT2D eigenvalue weighted by Crippen LogP contribution is -2.05. The minimum absolute atomic E-state index is 0.318. The Morgan fingerprint density at radius 2 is 2.33 bits per heavy atom. The molecule has 0 amide bonds. The summed E-state index contributed by atoms with van der Waals surface area (Å²) in [6.07, 6.45) is 1.03. The van der Waals surface area contributed by atoms with Crippen molar-refractivity contribution in [2.45, 2.75) is 17.5 Å². The summed E-state index contributed by atoms with van der Waals surface area (Å²) in [4.78, 5) is 11.2. The predicted octanol–water partition coefficient (Wildman–Crippen LogP) is 0.225. The molecule has 2 rings (SSSR count). The summed E-state index contributed by atoms with van der Waals surface area (Å²) in [5.74, 6) is 1.17. The smallest absolute Gasteiger partial charge is 0.226 e. The first-order valence-electron chi connectivity index (χ1n) is 5.13. The second-order valence-corrected chi connectivity index (χ2v) is 4.49. The number of thioether (sulfide) groups is 1. The first-order chi connectivity index (χ1) is 8.61. The molecule has 0 atom stereocenters. The topological polar surface area (TPSA) is 107 Å². The molecule has 2 aromatic rings. The number of hydrogen-bond donors (Lipinski definition) is 2. The van der Waals surface area contributed by atoms with Crippen molar-refractivity contribution in [2.75, 3.05) is 0 Å². The van der Waals surface area contributed by atoms with Crippen molar-refractivity contribution in [3.8, 4) is 5.75 Å². The SMILES string of the molecule is Cn1c(CN)nnc1SCc1cc(=O)c(O)co1. The van der Waals surface area contributed by atoms with Gasteiger partial charge in [0.25, 0.3) is 0 Å². The van der Waals surface area contributed by atoms with Gasteiger partial charge < -0.3 is 19.8 Å². The molecule has 0 bridgehead atoms. The van der Waals surface area contributed by atoms with E-state index in [4.69, 9.17) is 15.3 Å². The van der Waals surface area contributed by atoms with Gasteiger partial charge in [0.2, 0.25) is 5.43 Å². The van der Waals surface area contributed by atoms with Crippen molar-refractivity contribution in [1.29, 1.82) is 0 Å². The molecule has 3 N–H and O–H groups in total. The number of nitrogens with two attached hydrogens (primary N) is 1. The molecule has 0 aliphatic rings. The number of nitrogens with zero attached hydrogens (tertiary/aromatic N) is 3. The van der Waals surface area contributed by atoms with Crippen LogP contribution >= 0.6 is 11.8 Å². The molecule has 0 fully saturated rings. The van der Waals surface area contributed by atoms with E-state index in [1.165, 1.54) is 17.8 Å². The second-order valence-electron chi connectivity index (χ2n) is 3.55. The van der Waals surface area contributed by atoms with Crippen molar-refractivity contribution >= 4 is 11.8 Å². The molecule has 7 nitrogen and oxygen atoms in total. The standard InChI is InChI=1S/C10H12N4O3S/c1-14-9(3-11)12-13-10(14)18-5-6-2-7(15)8(16)4-17-6/h2,4,16H,3,5,11H2,1H3. The molecule has 18 heavy (non-hydrogen) atoms. The summed E-state index contributed by atoms with van der Waals surface area (Å²) in [5, 5.41) is 17.6. The molecule has 0 aromatic carbocycles. The first kappa shape index (κ1) is 12.7. The number of aromatic hydroxyl groups is 1. The maximum absolute atomic E-state index is 11.2. The first-order valence-corrected chi connectivity index (χ1v) is 6.12. The van der Waals surface area contributed by atoms with E-state index in [1.54, 1.807) is 4.57 Å². The second kappa shape index (κ2) is 5.23. The quantitative estimate of drug-likeness (QED) is 0.764. The van der Waals surface area contributed by atoms with Gasteiger partial charge >= 0.3 is 0 Å². The monoisotopic (exact) mass is 268 g/mol. The number of hydrogen-bond acceptors (Lipinski definition) is 7. The van der Waals surface area contributed by atoms with Crippen LogP contribution in [-0.4, -0.2) is 19.9 Å². The van der Waals surface area contributed by atoms with Gasteiger partial charge in [-0.3, -0.25) is 4.79 Å². The molecule has 2 heterocycles. The lowest BCUT2D eigenvalue weighted by Gasteiger charge is -2.02. The van der Waals surface area contributed by atoms with Crippen LogP contribution in [0.5, 0.6) is 5.75 Å². The molecule has 0 aliphatic carbocycles. The maximum Gasteiger partial charge on any atom is 0.226 e. The molecular weight excluding hydrogens is 256 g/mol. The molecule has 0 unspecified atom stereocenters. The van der Waals surface area contributed by atoms with Gasteiger partial charge in [-0.15, -0.1) is 10.2 Å². The van der Waals surface area contributed by atoms with E-state index < -0.39 is 11.2 Å². The van der Waals surface area contributed by atoms with Crippen LogP contribution in [0, 0.1) is 0 Å². The fraction of sp³-hybridized carbons (Fsp3) is 0.300. The Morgan fingerprint density at radius 3 is 2.94 bits per heavy atom. The third-order valence-corrected chi connectivity index (χ3v) is 3.36. The Balaban J connectivity index is 2.09. The summed E-state index contributed by atoms with van der Waals surface area (Å²) in [6.45, 7) is 0.318. The van der Waals surface area contributed by atoms with Gasteiger partial charge in [-0.1, -0.05) is 11.8 Å². The van der Waals surface area contributed by atoms with Crippen LogP contribution in [0.1, 0.15) is 11.6 Å². The third-order valence-electron chi connectivity index (χ3n) is 2.32. The Hall–Kier alpha value is -1.80. The molecule has 0 saturated carbocycles. The van der Waals surface area contributed by atoms with Gasteiger partial charge in [0, 0.05) is 13.1 Å². The molecule has 96 valence electrons. The Labute approximate surface area is 107 Å². The summed E-state index contributed by atoms with van der Waals surface area (Å²) in [6, 6.07) is 1.25. The van der Waals surface area contributed by atoms with E-state index in [2.05, 4.69) is 10.2 Å². The molecular formula is C10H12N4O3S. The molecule has 0 saturated heterocycles. The van der Waals surface area contributed by atoms with E-state index >= 15 is 0 Å². The van der Waals surface area contributed by atoms with Gasteiger partial charge in [0.15, 0.2) is 10.9 Å². The van der Waals surface area contributed by atoms with Crippen molar-refractivity contribution in [3.63, 3.8) is 0 Å². The Morgan fingerprint density at radius 1 is 1.56 bits per heavy atom. The zero-order valence-corrected chi connectivity index (χ0v) is 10.5. The largest absolute Gasteiger partial charge is 0.502 e. The Kier molecular flexibility index (Phi) is 3.68. The highest BCUT2D eigenvalue weighted by molar-refractivity contribution is 7.98. The van der Waals surface area contributed by atoms with Crippen molar-refractivity contribution in [1.82, 2.24) is 14.8 Å². The highest BCUT2D eigenvalue weighted by Crippen LogP contribution is 2.20. The molecule has 2 aromatic heterocycles. The van der Waals surface area contributed by atoms with Gasteiger partial charge in [-0.2, -0.15) is 0 Å². The summed E-state index contributed by atoms with van der Waals surface area (Å²) < 4.78 is 6.86. The van der Waals surface area contributed by atoms with Gasteiger partial charge in [-0.25, -0.2) is 0 Å². The molecule has 8 heteroatoms. The van der Waals surface area contributed by atoms with Crippen LogP contribution in [0.4, 0.5) is 0 Å². The summed E-state index contributed by atoms with van der Waals surface area (Å²) in [5.41, 5.74) is 5.03. The van der Waals surface area contributed by atoms with Crippen molar-refractivity contribution in [3.05, 3.63) is 34.1 Å². The third kappa shape index (κ3) is 2.54. The fourth-order valence-electron chi connectivity index (χ4n) is 1.30. The normalized spacial score (nSPS) is 10.8. The Bertz CT molecular complexity index is 607. The van der Waals surface area contributed by atoms with Crippen LogP contribution < -0.4 is 11.2 Å². The summed E-state index contributed by atoms with van der Waals surface area (Å²) in [7, 11) is 1.82. The van der Waals surface area contributed by atoms with Crippen LogP contribution in [0.3, 0.4) is 0 Å². The van der Waals surface area contributed by atoms with E-state index in [0.717, 1.165) is 6.26 Å². The zero-order chi connectivity index (χ0) is 13.1. The van der Waals surface area contributed by atoms with Crippen LogP contribution in [0.15, 0.2) is 26.7 Å². The van der Waals surface area contributed by atoms with Gasteiger partial charge in [0.05, 0.1) is 12.3 Å². The minimum Gasteiger partial charge on any atom is -0.502 e. The summed E-state index contributed by atoms with van der Waals surface area (Å²) >= 11 is 1.37. The molecule has 0 aliphatic heterocycles. The van der Waals surface area contributed by atoms with Crippen LogP contribution in [-0.2, 0) is 19.3 Å². The van der Waals surface area contributed by atoms with Gasteiger partial charge in [-0.05, 0) is 0 Å². The van der Waals surface area contributed by atoms with Crippen molar-refractivity contribution < 1.29 is 9.52 Å². The highest BCUT2D eigenvalue weighted by Gasteiger charge is 2.09. The van der Waals surface area contributed by atoms with E-state index in [1.807, 2.05) is 7.05 Å². The van der Waals surface area contributed by atoms with Gasteiger partial charge in [0.1, 0.15) is 17.8 Å². The minimum atomic E-state index is -0.461. The van der Waals surface area contributed by atoms with Crippen molar-refractivity contribution in [2.24, 2.45) is 12.8 Å². The van der Waals surface area contributed by atoms with Crippen LogP contribution in [0.25, 0.3) is 0 Å². The molecule has 0 radical (unpaired) electrons. The predicted molar refractivity (Wildman–Crippen MR) is 65.1 cm³/mol. The average molecular weight is 268 g/mol. The lowest BCUT2D eigenvalue weighted by molar-refractivity contribution is 0.419. The maximum atomic E-state index is 11.2. The fourth-order valence-corrected chi connectivity index (χ4v) is 2.12.